The summed E-state index contributed by atoms with van der Waals surface area (Å²) in [6.07, 6.45) is 0.730. The van der Waals surface area contributed by atoms with Gasteiger partial charge in [0.2, 0.25) is 0 Å². The summed E-state index contributed by atoms with van der Waals surface area (Å²) in [7, 11) is 0. The number of rotatable bonds is 7. The molecule has 0 aliphatic rings. The summed E-state index contributed by atoms with van der Waals surface area (Å²) >= 11 is 1.65. The first-order chi connectivity index (χ1) is 8.91. The lowest BCUT2D eigenvalue weighted by atomic mass is 10.1. The topological polar surface area (TPSA) is 29.5 Å². The fourth-order valence-corrected chi connectivity index (χ4v) is 3.10. The first-order valence-electron chi connectivity index (χ1n) is 6.88. The number of thiophene rings is 1. The van der Waals surface area contributed by atoms with E-state index in [2.05, 4.69) is 32.6 Å². The van der Waals surface area contributed by atoms with Crippen molar-refractivity contribution in [1.82, 2.24) is 4.90 Å². The van der Waals surface area contributed by atoms with Gasteiger partial charge in [0.15, 0.2) is 0 Å². The molecule has 1 rings (SSSR count). The van der Waals surface area contributed by atoms with Gasteiger partial charge in [0.05, 0.1) is 0 Å². The normalized spacial score (nSPS) is 13.3. The van der Waals surface area contributed by atoms with Gasteiger partial charge in [-0.2, -0.15) is 0 Å². The summed E-state index contributed by atoms with van der Waals surface area (Å²) in [5, 5.41) is 2.02. The van der Waals surface area contributed by atoms with E-state index in [1.807, 2.05) is 17.5 Å². The van der Waals surface area contributed by atoms with Crippen LogP contribution < -0.4 is 0 Å². The predicted octanol–water partition coefficient (Wildman–Crippen LogP) is 3.86. The maximum atomic E-state index is 11.2. The molecule has 3 nitrogen and oxygen atoms in total. The van der Waals surface area contributed by atoms with Gasteiger partial charge < -0.3 is 4.74 Å². The van der Waals surface area contributed by atoms with E-state index in [4.69, 9.17) is 4.74 Å². The molecule has 0 radical (unpaired) electrons. The zero-order chi connectivity index (χ0) is 14.4. The lowest BCUT2D eigenvalue weighted by Crippen LogP contribution is -2.38. The van der Waals surface area contributed by atoms with Gasteiger partial charge >= 0.3 is 5.97 Å². The minimum absolute atomic E-state index is 0.113. The van der Waals surface area contributed by atoms with Crippen molar-refractivity contribution in [2.45, 2.75) is 59.2 Å². The molecular weight excluding hydrogens is 258 g/mol. The monoisotopic (exact) mass is 283 g/mol. The molecule has 0 aliphatic heterocycles. The molecule has 0 aromatic carbocycles. The second-order valence-corrected chi connectivity index (χ2v) is 6.31. The molecule has 0 amide bonds. The van der Waals surface area contributed by atoms with E-state index in [-0.39, 0.29) is 12.1 Å². The number of ether oxygens (including phenoxy) is 1. The van der Waals surface area contributed by atoms with Gasteiger partial charge in [-0.05, 0) is 39.1 Å². The van der Waals surface area contributed by atoms with Crippen LogP contribution in [0.4, 0.5) is 0 Å². The Morgan fingerprint density at radius 3 is 2.37 bits per heavy atom. The van der Waals surface area contributed by atoms with Crippen LogP contribution in [0.3, 0.4) is 0 Å². The van der Waals surface area contributed by atoms with Crippen LogP contribution in [-0.4, -0.2) is 29.5 Å². The van der Waals surface area contributed by atoms with E-state index >= 15 is 0 Å². The second kappa shape index (κ2) is 7.65. The smallest absolute Gasteiger partial charge is 0.303 e. The molecule has 0 N–H and O–H groups in total. The third-order valence-electron chi connectivity index (χ3n) is 3.14. The Labute approximate surface area is 120 Å². The maximum Gasteiger partial charge on any atom is 0.303 e. The van der Waals surface area contributed by atoms with E-state index in [1.54, 1.807) is 11.3 Å². The average Bonchev–Trinajstić information content (AvgIpc) is 2.79. The summed E-state index contributed by atoms with van der Waals surface area (Å²) in [6.45, 7) is 11.2. The Bertz CT molecular complexity index is 366. The molecular formula is C15H25NO2S. The largest absolute Gasteiger partial charge is 0.457 e. The first-order valence-corrected chi connectivity index (χ1v) is 7.76. The van der Waals surface area contributed by atoms with Gasteiger partial charge in [0, 0.05) is 36.9 Å². The van der Waals surface area contributed by atoms with Gasteiger partial charge in [0.25, 0.3) is 0 Å². The Morgan fingerprint density at radius 1 is 1.32 bits per heavy atom. The first kappa shape index (κ1) is 16.2. The highest BCUT2D eigenvalue weighted by molar-refractivity contribution is 7.10. The number of hydrogen-bond donors (Lipinski definition) is 0. The van der Waals surface area contributed by atoms with E-state index in [9.17, 15) is 4.79 Å². The number of carbonyl (C=O) groups is 1. The molecule has 0 aliphatic carbocycles. The van der Waals surface area contributed by atoms with Crippen LogP contribution in [0.1, 0.15) is 52.0 Å². The maximum absolute atomic E-state index is 11.2. The van der Waals surface area contributed by atoms with Gasteiger partial charge in [-0.3, -0.25) is 9.69 Å². The Hall–Kier alpha value is -0.870. The Kier molecular flexibility index (Phi) is 6.52. The fourth-order valence-electron chi connectivity index (χ4n) is 2.31. The van der Waals surface area contributed by atoms with E-state index in [1.165, 1.54) is 6.92 Å². The standard InChI is InChI=1S/C15H25NO2S/c1-11(2)16(12(3)4)9-8-14(18-13(5)17)15-7-6-10-19-15/h6-7,10-12,14H,8-9H2,1-5H3/t14-/m0/s1. The minimum Gasteiger partial charge on any atom is -0.457 e. The van der Waals surface area contributed by atoms with Crippen LogP contribution >= 0.6 is 11.3 Å². The summed E-state index contributed by atoms with van der Waals surface area (Å²) in [4.78, 5) is 14.8. The van der Waals surface area contributed by atoms with Crippen LogP contribution in [-0.2, 0) is 9.53 Å². The molecule has 1 aromatic rings. The van der Waals surface area contributed by atoms with Crippen LogP contribution in [0.25, 0.3) is 0 Å². The lowest BCUT2D eigenvalue weighted by Gasteiger charge is -2.31. The Morgan fingerprint density at radius 2 is 1.95 bits per heavy atom. The molecule has 0 saturated heterocycles. The molecule has 0 saturated carbocycles. The zero-order valence-electron chi connectivity index (χ0n) is 12.6. The number of hydrogen-bond acceptors (Lipinski definition) is 4. The molecule has 0 spiro atoms. The van der Waals surface area contributed by atoms with E-state index < -0.39 is 0 Å². The lowest BCUT2D eigenvalue weighted by molar-refractivity contribution is -0.147. The highest BCUT2D eigenvalue weighted by Gasteiger charge is 2.20. The van der Waals surface area contributed by atoms with Crippen molar-refractivity contribution in [2.24, 2.45) is 0 Å². The zero-order valence-corrected chi connectivity index (χ0v) is 13.4. The summed E-state index contributed by atoms with van der Waals surface area (Å²) < 4.78 is 5.45. The second-order valence-electron chi connectivity index (χ2n) is 5.33. The molecule has 1 heterocycles. The number of carbonyl (C=O) groups excluding carboxylic acids is 1. The van der Waals surface area contributed by atoms with Crippen LogP contribution in [0, 0.1) is 0 Å². The molecule has 4 heteroatoms. The van der Waals surface area contributed by atoms with Gasteiger partial charge in [-0.15, -0.1) is 11.3 Å². The highest BCUT2D eigenvalue weighted by atomic mass is 32.1. The molecule has 0 bridgehead atoms. The molecule has 1 aromatic heterocycles. The van der Waals surface area contributed by atoms with Crippen molar-refractivity contribution in [3.05, 3.63) is 22.4 Å². The van der Waals surface area contributed by atoms with Crippen molar-refractivity contribution in [3.8, 4) is 0 Å². The molecule has 19 heavy (non-hydrogen) atoms. The Balaban J connectivity index is 2.65. The molecule has 0 unspecified atom stereocenters. The summed E-state index contributed by atoms with van der Waals surface area (Å²) in [5.74, 6) is -0.209. The SMILES string of the molecule is CC(=O)O[C@@H](CCN(C(C)C)C(C)C)c1cccs1. The van der Waals surface area contributed by atoms with E-state index in [0.29, 0.717) is 12.1 Å². The van der Waals surface area contributed by atoms with Gasteiger partial charge in [-0.25, -0.2) is 0 Å². The molecule has 1 atom stereocenters. The van der Waals surface area contributed by atoms with Crippen LogP contribution in [0.15, 0.2) is 17.5 Å². The molecule has 108 valence electrons. The summed E-state index contributed by atoms with van der Waals surface area (Å²) in [5.41, 5.74) is 0. The summed E-state index contributed by atoms with van der Waals surface area (Å²) in [6, 6.07) is 5.04. The van der Waals surface area contributed by atoms with Crippen molar-refractivity contribution in [3.63, 3.8) is 0 Å². The van der Waals surface area contributed by atoms with Crippen LogP contribution in [0.5, 0.6) is 0 Å². The van der Waals surface area contributed by atoms with Crippen molar-refractivity contribution in [2.75, 3.05) is 6.54 Å². The third-order valence-corrected chi connectivity index (χ3v) is 4.11. The van der Waals surface area contributed by atoms with Gasteiger partial charge in [0.1, 0.15) is 6.10 Å². The van der Waals surface area contributed by atoms with Gasteiger partial charge in [-0.1, -0.05) is 6.07 Å². The van der Waals surface area contributed by atoms with Crippen LogP contribution in [0.2, 0.25) is 0 Å². The minimum atomic E-state index is -0.209. The highest BCUT2D eigenvalue weighted by Crippen LogP contribution is 2.26. The number of esters is 1. The fraction of sp³-hybridized carbons (Fsp3) is 0.667. The molecule has 0 fully saturated rings. The quantitative estimate of drug-likeness (QED) is 0.712. The average molecular weight is 283 g/mol. The number of nitrogens with zero attached hydrogens (tertiary/aromatic N) is 1. The third kappa shape index (κ3) is 5.33. The van der Waals surface area contributed by atoms with E-state index in [0.717, 1.165) is 17.8 Å². The van der Waals surface area contributed by atoms with Crippen molar-refractivity contribution >= 4 is 17.3 Å². The van der Waals surface area contributed by atoms with Crippen molar-refractivity contribution in [1.29, 1.82) is 0 Å². The van der Waals surface area contributed by atoms with Crippen molar-refractivity contribution < 1.29 is 9.53 Å². The predicted molar refractivity (Wildman–Crippen MR) is 80.4 cm³/mol.